The van der Waals surface area contributed by atoms with E-state index in [1.54, 1.807) is 11.8 Å². The van der Waals surface area contributed by atoms with E-state index in [1.165, 1.54) is 5.56 Å². The van der Waals surface area contributed by atoms with Crippen LogP contribution in [0.5, 0.6) is 0 Å². The molecule has 1 heterocycles. The zero-order valence-corrected chi connectivity index (χ0v) is 13.1. The molecule has 1 aromatic heterocycles. The zero-order valence-electron chi connectivity index (χ0n) is 12.3. The predicted octanol–water partition coefficient (Wildman–Crippen LogP) is 3.75. The number of imidazole rings is 1. The van der Waals surface area contributed by atoms with Gasteiger partial charge in [0, 0.05) is 25.4 Å². The summed E-state index contributed by atoms with van der Waals surface area (Å²) in [5.41, 5.74) is 3.35. The third kappa shape index (κ3) is 4.23. The molecular weight excluding hydrogens is 272 g/mol. The Kier molecular flexibility index (Phi) is 5.88. The van der Waals surface area contributed by atoms with Crippen molar-refractivity contribution in [3.05, 3.63) is 23.8 Å². The molecule has 0 fully saturated rings. The summed E-state index contributed by atoms with van der Waals surface area (Å²) >= 11 is 1.71. The first kappa shape index (κ1) is 15.4. The largest absolute Gasteiger partial charge is 0.353 e. The summed E-state index contributed by atoms with van der Waals surface area (Å²) in [5, 5.41) is 0.956. The number of nitrogens with zero attached hydrogens (tertiary/aromatic N) is 1. The maximum absolute atomic E-state index is 5.53. The molecule has 0 bridgehead atoms. The van der Waals surface area contributed by atoms with Gasteiger partial charge >= 0.3 is 0 Å². The molecule has 0 atom stereocenters. The summed E-state index contributed by atoms with van der Waals surface area (Å²) in [6.45, 7) is 7.42. The van der Waals surface area contributed by atoms with Gasteiger partial charge in [-0.2, -0.15) is 0 Å². The van der Waals surface area contributed by atoms with E-state index < -0.39 is 0 Å². The summed E-state index contributed by atoms with van der Waals surface area (Å²) in [6, 6.07) is 6.25. The monoisotopic (exact) mass is 294 g/mol. The van der Waals surface area contributed by atoms with E-state index in [1.807, 2.05) is 13.8 Å². The summed E-state index contributed by atoms with van der Waals surface area (Å²) in [4.78, 5) is 7.91. The van der Waals surface area contributed by atoms with Crippen molar-refractivity contribution >= 4 is 22.8 Å². The summed E-state index contributed by atoms with van der Waals surface area (Å²) in [6.07, 6.45) is 0.756. The van der Waals surface area contributed by atoms with Gasteiger partial charge in [0.2, 0.25) is 0 Å². The van der Waals surface area contributed by atoms with E-state index >= 15 is 0 Å². The lowest BCUT2D eigenvalue weighted by Gasteiger charge is -2.15. The Labute approximate surface area is 124 Å². The Morgan fingerprint density at radius 3 is 2.70 bits per heavy atom. The third-order valence-electron chi connectivity index (χ3n) is 2.91. The maximum atomic E-state index is 5.53. The number of aromatic nitrogens is 2. The first-order valence-corrected chi connectivity index (χ1v) is 8.03. The molecule has 0 aliphatic carbocycles. The molecule has 0 radical (unpaired) electrons. The lowest BCUT2D eigenvalue weighted by molar-refractivity contribution is -0.136. The van der Waals surface area contributed by atoms with Gasteiger partial charge in [0.25, 0.3) is 0 Å². The van der Waals surface area contributed by atoms with Crippen LogP contribution in [0.1, 0.15) is 25.8 Å². The first-order chi connectivity index (χ1) is 9.72. The molecule has 0 amide bonds. The Bertz CT molecular complexity index is 536. The van der Waals surface area contributed by atoms with Gasteiger partial charge in [-0.3, -0.25) is 0 Å². The number of thioether (sulfide) groups is 1. The number of rotatable bonds is 8. The van der Waals surface area contributed by atoms with Gasteiger partial charge in [-0.05, 0) is 38.5 Å². The molecule has 2 rings (SSSR count). The van der Waals surface area contributed by atoms with Crippen LogP contribution in [0.4, 0.5) is 0 Å². The molecule has 0 aliphatic heterocycles. The van der Waals surface area contributed by atoms with E-state index in [9.17, 15) is 0 Å². The number of nitrogens with one attached hydrogen (secondary N) is 1. The highest BCUT2D eigenvalue weighted by molar-refractivity contribution is 7.99. The number of fused-ring (bicyclic) bond motifs is 1. The second kappa shape index (κ2) is 7.67. The maximum Gasteiger partial charge on any atom is 0.166 e. The second-order valence-electron chi connectivity index (χ2n) is 4.54. The average Bonchev–Trinajstić information content (AvgIpc) is 2.81. The minimum absolute atomic E-state index is 0.107. The van der Waals surface area contributed by atoms with Crippen LogP contribution in [-0.4, -0.2) is 35.2 Å². The van der Waals surface area contributed by atoms with Crippen LogP contribution >= 0.6 is 11.8 Å². The van der Waals surface area contributed by atoms with Crippen molar-refractivity contribution in [2.24, 2.45) is 0 Å². The fourth-order valence-corrected chi connectivity index (χ4v) is 2.86. The van der Waals surface area contributed by atoms with Gasteiger partial charge in [0.15, 0.2) is 11.4 Å². The normalized spacial score (nSPS) is 11.6. The van der Waals surface area contributed by atoms with Crippen LogP contribution < -0.4 is 0 Å². The summed E-state index contributed by atoms with van der Waals surface area (Å²) in [5.74, 6) is 0.920. The van der Waals surface area contributed by atoms with Crippen LogP contribution in [0, 0.1) is 6.92 Å². The van der Waals surface area contributed by atoms with Crippen molar-refractivity contribution in [1.82, 2.24) is 9.97 Å². The number of ether oxygens (including phenoxy) is 2. The minimum atomic E-state index is -0.107. The molecule has 20 heavy (non-hydrogen) atoms. The summed E-state index contributed by atoms with van der Waals surface area (Å²) in [7, 11) is 0. The van der Waals surface area contributed by atoms with Crippen LogP contribution in [0.25, 0.3) is 11.0 Å². The quantitative estimate of drug-likeness (QED) is 0.595. The molecule has 2 aromatic rings. The fraction of sp³-hybridized carbons (Fsp3) is 0.533. The van der Waals surface area contributed by atoms with E-state index in [4.69, 9.17) is 9.47 Å². The van der Waals surface area contributed by atoms with Crippen molar-refractivity contribution in [2.75, 3.05) is 19.0 Å². The second-order valence-corrected chi connectivity index (χ2v) is 5.62. The zero-order chi connectivity index (χ0) is 14.4. The van der Waals surface area contributed by atoms with E-state index in [0.717, 1.165) is 28.4 Å². The number of aromatic amines is 1. The van der Waals surface area contributed by atoms with Gasteiger partial charge in [-0.15, -0.1) is 0 Å². The summed E-state index contributed by atoms with van der Waals surface area (Å²) < 4.78 is 11.1. The molecule has 5 heteroatoms. The van der Waals surface area contributed by atoms with Gasteiger partial charge < -0.3 is 14.5 Å². The number of benzene rings is 1. The molecule has 4 nitrogen and oxygen atoms in total. The fourth-order valence-electron chi connectivity index (χ4n) is 2.01. The van der Waals surface area contributed by atoms with Crippen molar-refractivity contribution in [3.63, 3.8) is 0 Å². The molecule has 0 saturated carbocycles. The van der Waals surface area contributed by atoms with E-state index in [2.05, 4.69) is 35.1 Å². The highest BCUT2D eigenvalue weighted by Crippen LogP contribution is 2.21. The highest BCUT2D eigenvalue weighted by atomic mass is 32.2. The van der Waals surface area contributed by atoms with E-state index in [-0.39, 0.29) is 6.29 Å². The van der Waals surface area contributed by atoms with Gasteiger partial charge in [0.05, 0.1) is 11.0 Å². The van der Waals surface area contributed by atoms with Crippen LogP contribution in [0.2, 0.25) is 0 Å². The van der Waals surface area contributed by atoms with Gasteiger partial charge in [-0.1, -0.05) is 17.8 Å². The molecular formula is C15H22N2O2S. The smallest absolute Gasteiger partial charge is 0.166 e. The van der Waals surface area contributed by atoms with Crippen molar-refractivity contribution < 1.29 is 9.47 Å². The van der Waals surface area contributed by atoms with Crippen LogP contribution in [-0.2, 0) is 9.47 Å². The van der Waals surface area contributed by atoms with Crippen molar-refractivity contribution in [3.8, 4) is 0 Å². The lowest BCUT2D eigenvalue weighted by atomic mass is 10.2. The predicted molar refractivity (Wildman–Crippen MR) is 83.2 cm³/mol. The van der Waals surface area contributed by atoms with Gasteiger partial charge in [-0.25, -0.2) is 4.98 Å². The lowest BCUT2D eigenvalue weighted by Crippen LogP contribution is -2.18. The van der Waals surface area contributed by atoms with Crippen molar-refractivity contribution in [2.45, 2.75) is 38.6 Å². The molecule has 0 saturated heterocycles. The van der Waals surface area contributed by atoms with E-state index in [0.29, 0.717) is 13.2 Å². The Morgan fingerprint density at radius 2 is 2.00 bits per heavy atom. The Hall–Kier alpha value is -1.04. The van der Waals surface area contributed by atoms with Crippen LogP contribution in [0.15, 0.2) is 23.4 Å². The third-order valence-corrected chi connectivity index (χ3v) is 3.82. The highest BCUT2D eigenvalue weighted by Gasteiger charge is 2.09. The Balaban J connectivity index is 1.88. The SMILES string of the molecule is CCOC(CCSc1nc2ccc(C)cc2[nH]1)OCC. The molecule has 0 aliphatic rings. The molecule has 110 valence electrons. The van der Waals surface area contributed by atoms with Crippen molar-refractivity contribution in [1.29, 1.82) is 0 Å². The molecule has 0 unspecified atom stereocenters. The number of aryl methyl sites for hydroxylation is 1. The average molecular weight is 294 g/mol. The first-order valence-electron chi connectivity index (χ1n) is 7.05. The number of hydrogen-bond acceptors (Lipinski definition) is 4. The number of hydrogen-bond donors (Lipinski definition) is 1. The molecule has 0 spiro atoms. The number of H-pyrrole nitrogens is 1. The molecule has 1 aromatic carbocycles. The Morgan fingerprint density at radius 1 is 1.25 bits per heavy atom. The van der Waals surface area contributed by atoms with Crippen LogP contribution in [0.3, 0.4) is 0 Å². The standard InChI is InChI=1S/C15H22N2O2S/c1-4-18-14(19-5-2)8-9-20-15-16-12-7-6-11(3)10-13(12)17-15/h6-7,10,14H,4-5,8-9H2,1-3H3,(H,16,17). The minimum Gasteiger partial charge on any atom is -0.353 e. The molecule has 1 N–H and O–H groups in total. The van der Waals surface area contributed by atoms with Gasteiger partial charge in [0.1, 0.15) is 0 Å². The topological polar surface area (TPSA) is 47.1 Å².